The molecule has 1 N–H and O–H groups in total. The van der Waals surface area contributed by atoms with E-state index in [9.17, 15) is 19.2 Å². The lowest BCUT2D eigenvalue weighted by Crippen LogP contribution is -2.44. The SMILES string of the molecule is Cn1c(=O)n(C2CCC(=O)NC2=O)c2cccc(C3CCC(C=O)CC3)c21. The minimum atomic E-state index is -0.667. The number of carbonyl (C=O) groups is 3. The smallest absolute Gasteiger partial charge is 0.303 e. The third-order valence-corrected chi connectivity index (χ3v) is 6.06. The second-order valence-electron chi connectivity index (χ2n) is 7.64. The number of amides is 2. The summed E-state index contributed by atoms with van der Waals surface area (Å²) >= 11 is 0. The van der Waals surface area contributed by atoms with Gasteiger partial charge in [-0.3, -0.25) is 24.0 Å². The average Bonchev–Trinajstić information content (AvgIpc) is 2.93. The molecule has 0 bridgehead atoms. The molecule has 1 aromatic carbocycles. The number of para-hydroxylation sites is 1. The van der Waals surface area contributed by atoms with Crippen LogP contribution >= 0.6 is 0 Å². The Morgan fingerprint density at radius 1 is 1.07 bits per heavy atom. The largest absolute Gasteiger partial charge is 0.329 e. The third kappa shape index (κ3) is 2.91. The van der Waals surface area contributed by atoms with Crippen molar-refractivity contribution >= 4 is 29.1 Å². The maximum absolute atomic E-state index is 13.0. The number of hydrogen-bond acceptors (Lipinski definition) is 4. The number of fused-ring (bicyclic) bond motifs is 1. The summed E-state index contributed by atoms with van der Waals surface area (Å²) in [6.07, 6.45) is 5.18. The van der Waals surface area contributed by atoms with E-state index >= 15 is 0 Å². The Hall–Kier alpha value is -2.70. The lowest BCUT2D eigenvalue weighted by molar-refractivity contribution is -0.135. The molecule has 1 atom stereocenters. The molecule has 1 unspecified atom stereocenters. The van der Waals surface area contributed by atoms with E-state index in [1.54, 1.807) is 11.6 Å². The van der Waals surface area contributed by atoms with Crippen molar-refractivity contribution in [2.75, 3.05) is 0 Å². The fourth-order valence-electron chi connectivity index (χ4n) is 4.59. The highest BCUT2D eigenvalue weighted by Crippen LogP contribution is 2.38. The summed E-state index contributed by atoms with van der Waals surface area (Å²) in [4.78, 5) is 47.8. The van der Waals surface area contributed by atoms with E-state index in [-0.39, 0.29) is 23.9 Å². The van der Waals surface area contributed by atoms with Crippen LogP contribution < -0.4 is 11.0 Å². The number of benzene rings is 1. The second-order valence-corrected chi connectivity index (χ2v) is 7.64. The first-order valence-electron chi connectivity index (χ1n) is 9.50. The van der Waals surface area contributed by atoms with Gasteiger partial charge in [0.15, 0.2) is 0 Å². The van der Waals surface area contributed by atoms with Crippen molar-refractivity contribution in [1.82, 2.24) is 14.5 Å². The summed E-state index contributed by atoms with van der Waals surface area (Å²) < 4.78 is 3.14. The highest BCUT2D eigenvalue weighted by Gasteiger charge is 2.32. The molecule has 2 amide bonds. The zero-order valence-electron chi connectivity index (χ0n) is 15.3. The molecule has 2 aromatic rings. The van der Waals surface area contributed by atoms with E-state index in [0.717, 1.165) is 48.6 Å². The van der Waals surface area contributed by atoms with E-state index < -0.39 is 11.9 Å². The first-order valence-corrected chi connectivity index (χ1v) is 9.50. The number of aromatic nitrogens is 2. The van der Waals surface area contributed by atoms with Gasteiger partial charge in [-0.05, 0) is 49.7 Å². The molecule has 1 saturated carbocycles. The highest BCUT2D eigenvalue weighted by atomic mass is 16.2. The summed E-state index contributed by atoms with van der Waals surface area (Å²) in [5, 5.41) is 2.34. The van der Waals surface area contributed by atoms with Crippen molar-refractivity contribution in [2.45, 2.75) is 50.5 Å². The van der Waals surface area contributed by atoms with Crippen LogP contribution in [-0.4, -0.2) is 27.2 Å². The summed E-state index contributed by atoms with van der Waals surface area (Å²) in [5.74, 6) is -0.277. The van der Waals surface area contributed by atoms with Crippen LogP contribution in [0.4, 0.5) is 0 Å². The van der Waals surface area contributed by atoms with Gasteiger partial charge in [-0.15, -0.1) is 0 Å². The number of piperidine rings is 1. The van der Waals surface area contributed by atoms with Crippen molar-refractivity contribution in [2.24, 2.45) is 13.0 Å². The maximum Gasteiger partial charge on any atom is 0.329 e. The van der Waals surface area contributed by atoms with Crippen LogP contribution in [0.25, 0.3) is 11.0 Å². The van der Waals surface area contributed by atoms with Gasteiger partial charge in [-0.25, -0.2) is 4.79 Å². The first kappa shape index (κ1) is 17.7. The van der Waals surface area contributed by atoms with E-state index in [1.165, 1.54) is 4.57 Å². The molecule has 1 saturated heterocycles. The molecule has 2 heterocycles. The zero-order chi connectivity index (χ0) is 19.1. The molecule has 7 nitrogen and oxygen atoms in total. The molecular weight excluding hydrogens is 346 g/mol. The molecule has 2 aliphatic rings. The van der Waals surface area contributed by atoms with Gasteiger partial charge >= 0.3 is 5.69 Å². The zero-order valence-corrected chi connectivity index (χ0v) is 15.3. The standard InChI is InChI=1S/C20H23N3O4/c1-22-18-14(13-7-5-12(11-24)6-8-13)3-2-4-15(18)23(20(22)27)16-9-10-17(25)21-19(16)26/h2-4,11-13,16H,5-10H2,1H3,(H,21,25,26). The minimum Gasteiger partial charge on any atom is -0.303 e. The Kier molecular flexibility index (Phi) is 4.45. The van der Waals surface area contributed by atoms with Gasteiger partial charge < -0.3 is 4.79 Å². The van der Waals surface area contributed by atoms with Crippen LogP contribution in [0.15, 0.2) is 23.0 Å². The van der Waals surface area contributed by atoms with Gasteiger partial charge in [0.05, 0.1) is 11.0 Å². The summed E-state index contributed by atoms with van der Waals surface area (Å²) in [6.45, 7) is 0. The summed E-state index contributed by atoms with van der Waals surface area (Å²) in [7, 11) is 1.73. The number of aryl methyl sites for hydroxylation is 1. The Morgan fingerprint density at radius 2 is 1.81 bits per heavy atom. The number of imidazole rings is 1. The molecule has 142 valence electrons. The predicted octanol–water partition coefficient (Wildman–Crippen LogP) is 1.79. The molecule has 0 spiro atoms. The molecular formula is C20H23N3O4. The van der Waals surface area contributed by atoms with Crippen molar-refractivity contribution in [3.8, 4) is 0 Å². The Bertz CT molecular complexity index is 979. The first-order chi connectivity index (χ1) is 13.0. The summed E-state index contributed by atoms with van der Waals surface area (Å²) in [6, 6.07) is 5.16. The number of nitrogens with one attached hydrogen (secondary N) is 1. The second kappa shape index (κ2) is 6.79. The van der Waals surface area contributed by atoms with E-state index in [2.05, 4.69) is 5.32 Å². The van der Waals surface area contributed by atoms with Crippen LogP contribution in [0, 0.1) is 5.92 Å². The van der Waals surface area contributed by atoms with Crippen LogP contribution in [0.5, 0.6) is 0 Å². The lowest BCUT2D eigenvalue weighted by atomic mass is 9.79. The van der Waals surface area contributed by atoms with E-state index in [0.29, 0.717) is 12.3 Å². The monoisotopic (exact) mass is 369 g/mol. The molecule has 7 heteroatoms. The normalized spacial score (nSPS) is 26.2. The quantitative estimate of drug-likeness (QED) is 0.660. The minimum absolute atomic E-state index is 0.136. The van der Waals surface area contributed by atoms with Crippen molar-refractivity contribution in [3.05, 3.63) is 34.2 Å². The van der Waals surface area contributed by atoms with Crippen molar-refractivity contribution < 1.29 is 14.4 Å². The maximum atomic E-state index is 13.0. The number of nitrogens with zero attached hydrogens (tertiary/aromatic N) is 2. The molecule has 2 fully saturated rings. The number of imide groups is 1. The number of aldehydes is 1. The highest BCUT2D eigenvalue weighted by molar-refractivity contribution is 6.00. The number of carbonyl (C=O) groups excluding carboxylic acids is 3. The Labute approximate surface area is 156 Å². The fraction of sp³-hybridized carbons (Fsp3) is 0.500. The molecule has 0 radical (unpaired) electrons. The van der Waals surface area contributed by atoms with Crippen LogP contribution in [0.2, 0.25) is 0 Å². The average molecular weight is 369 g/mol. The van der Waals surface area contributed by atoms with Gasteiger partial charge in [0.2, 0.25) is 11.8 Å². The van der Waals surface area contributed by atoms with Crippen LogP contribution in [0.1, 0.15) is 56.0 Å². The molecule has 4 rings (SSSR count). The van der Waals surface area contributed by atoms with Gasteiger partial charge in [0, 0.05) is 19.4 Å². The Balaban J connectivity index is 1.79. The summed E-state index contributed by atoms with van der Waals surface area (Å²) in [5.41, 5.74) is 2.43. The van der Waals surface area contributed by atoms with Gasteiger partial charge in [0.1, 0.15) is 12.3 Å². The van der Waals surface area contributed by atoms with Crippen LogP contribution in [0.3, 0.4) is 0 Å². The number of rotatable bonds is 3. The topological polar surface area (TPSA) is 90.2 Å². The molecule has 27 heavy (non-hydrogen) atoms. The number of hydrogen-bond donors (Lipinski definition) is 1. The molecule has 1 aromatic heterocycles. The van der Waals surface area contributed by atoms with Gasteiger partial charge in [-0.1, -0.05) is 12.1 Å². The van der Waals surface area contributed by atoms with E-state index in [1.807, 2.05) is 18.2 Å². The molecule has 1 aliphatic carbocycles. The fourth-order valence-corrected chi connectivity index (χ4v) is 4.59. The van der Waals surface area contributed by atoms with Gasteiger partial charge in [0.25, 0.3) is 0 Å². The van der Waals surface area contributed by atoms with Crippen molar-refractivity contribution in [3.63, 3.8) is 0 Å². The molecule has 1 aliphatic heterocycles. The van der Waals surface area contributed by atoms with Crippen LogP contribution in [-0.2, 0) is 21.4 Å². The van der Waals surface area contributed by atoms with Crippen molar-refractivity contribution in [1.29, 1.82) is 0 Å². The van der Waals surface area contributed by atoms with Gasteiger partial charge in [-0.2, -0.15) is 0 Å². The third-order valence-electron chi connectivity index (χ3n) is 6.06. The lowest BCUT2D eigenvalue weighted by Gasteiger charge is -2.26. The van der Waals surface area contributed by atoms with E-state index in [4.69, 9.17) is 0 Å². The predicted molar refractivity (Wildman–Crippen MR) is 99.4 cm³/mol. The Morgan fingerprint density at radius 3 is 2.48 bits per heavy atom.